The van der Waals surface area contributed by atoms with Gasteiger partial charge in [-0.15, -0.1) is 0 Å². The number of benzene rings is 1. The first-order valence-corrected chi connectivity index (χ1v) is 7.10. The normalized spacial score (nSPS) is 22.3. The molecule has 2 aromatic rings. The van der Waals surface area contributed by atoms with E-state index in [9.17, 15) is 17.6 Å². The first-order chi connectivity index (χ1) is 10.8. The topological polar surface area (TPSA) is 60.2 Å². The van der Waals surface area contributed by atoms with Crippen LogP contribution in [0, 0.1) is 5.82 Å². The lowest BCUT2D eigenvalue weighted by Gasteiger charge is -2.29. The van der Waals surface area contributed by atoms with E-state index in [4.69, 9.17) is 10.5 Å². The Hall–Kier alpha value is -1.93. The third-order valence-electron chi connectivity index (χ3n) is 3.66. The first kappa shape index (κ1) is 15.9. The molecule has 4 nitrogen and oxygen atoms in total. The number of anilines is 1. The Labute approximate surface area is 129 Å². The molecule has 1 aromatic carbocycles. The maximum absolute atomic E-state index is 13.5. The lowest BCUT2D eigenvalue weighted by atomic mass is 10.0. The van der Waals surface area contributed by atoms with Crippen molar-refractivity contribution in [3.8, 4) is 0 Å². The molecule has 0 saturated carbocycles. The highest BCUT2D eigenvalue weighted by Crippen LogP contribution is 2.34. The second-order valence-electron chi connectivity index (χ2n) is 5.59. The summed E-state index contributed by atoms with van der Waals surface area (Å²) in [7, 11) is 0. The van der Waals surface area contributed by atoms with Crippen LogP contribution in [-0.2, 0) is 10.9 Å². The Morgan fingerprint density at radius 3 is 2.70 bits per heavy atom. The van der Waals surface area contributed by atoms with Gasteiger partial charge in [-0.3, -0.25) is 0 Å². The lowest BCUT2D eigenvalue weighted by molar-refractivity contribution is -0.140. The molecule has 0 spiro atoms. The zero-order chi connectivity index (χ0) is 16.6. The summed E-state index contributed by atoms with van der Waals surface area (Å²) in [6.45, 7) is 0.742. The van der Waals surface area contributed by atoms with Crippen LogP contribution in [-0.4, -0.2) is 30.3 Å². The molecule has 8 heteroatoms. The minimum absolute atomic E-state index is 0.0738. The van der Waals surface area contributed by atoms with E-state index in [0.717, 1.165) is 18.2 Å². The quantitative estimate of drug-likeness (QED) is 0.832. The zero-order valence-corrected chi connectivity index (χ0v) is 12.0. The second-order valence-corrected chi connectivity index (χ2v) is 5.59. The largest absolute Gasteiger partial charge is 0.433 e. The van der Waals surface area contributed by atoms with Gasteiger partial charge in [-0.1, -0.05) is 0 Å². The van der Waals surface area contributed by atoms with Crippen molar-refractivity contribution in [1.82, 2.24) is 4.98 Å². The molecule has 2 heterocycles. The van der Waals surface area contributed by atoms with Gasteiger partial charge in [-0.05, 0) is 30.7 Å². The van der Waals surface area contributed by atoms with Crippen LogP contribution in [0.4, 0.5) is 23.2 Å². The molecular weight excluding hydrogens is 314 g/mol. The van der Waals surface area contributed by atoms with Crippen LogP contribution in [0.2, 0.25) is 0 Å². The zero-order valence-electron chi connectivity index (χ0n) is 12.0. The van der Waals surface area contributed by atoms with Crippen LogP contribution in [0.3, 0.4) is 0 Å². The van der Waals surface area contributed by atoms with Crippen molar-refractivity contribution in [3.05, 3.63) is 35.8 Å². The van der Waals surface area contributed by atoms with Gasteiger partial charge in [0.2, 0.25) is 0 Å². The number of halogens is 4. The van der Waals surface area contributed by atoms with Crippen LogP contribution in [0.25, 0.3) is 10.9 Å². The van der Waals surface area contributed by atoms with E-state index in [1.807, 2.05) is 0 Å². The van der Waals surface area contributed by atoms with Gasteiger partial charge in [0.25, 0.3) is 0 Å². The number of pyridine rings is 1. The molecule has 1 aromatic heterocycles. The van der Waals surface area contributed by atoms with Crippen molar-refractivity contribution in [2.75, 3.05) is 18.5 Å². The summed E-state index contributed by atoms with van der Waals surface area (Å²) >= 11 is 0. The Kier molecular flexibility index (Phi) is 4.11. The van der Waals surface area contributed by atoms with Crippen LogP contribution < -0.4 is 11.1 Å². The average Bonchev–Trinajstić information content (AvgIpc) is 2.46. The predicted molar refractivity (Wildman–Crippen MR) is 77.5 cm³/mol. The third kappa shape index (κ3) is 3.53. The summed E-state index contributed by atoms with van der Waals surface area (Å²) in [6, 6.07) is 3.94. The number of hydrogen-bond acceptors (Lipinski definition) is 4. The molecule has 0 bridgehead atoms. The molecule has 124 valence electrons. The molecular formula is C15H15F4N3O. The first-order valence-electron chi connectivity index (χ1n) is 7.10. The van der Waals surface area contributed by atoms with Crippen LogP contribution in [0.1, 0.15) is 12.1 Å². The number of nitrogens with two attached hydrogens (primary N) is 1. The van der Waals surface area contributed by atoms with E-state index in [1.165, 1.54) is 6.07 Å². The molecule has 1 aliphatic heterocycles. The Morgan fingerprint density at radius 2 is 2.00 bits per heavy atom. The molecule has 1 aliphatic rings. The minimum atomic E-state index is -4.58. The number of alkyl halides is 3. The molecule has 3 N–H and O–H groups in total. The average molecular weight is 329 g/mol. The maximum atomic E-state index is 13.5. The smallest absolute Gasteiger partial charge is 0.379 e. The van der Waals surface area contributed by atoms with Crippen molar-refractivity contribution in [3.63, 3.8) is 0 Å². The van der Waals surface area contributed by atoms with E-state index >= 15 is 0 Å². The monoisotopic (exact) mass is 329 g/mol. The maximum Gasteiger partial charge on any atom is 0.433 e. The summed E-state index contributed by atoms with van der Waals surface area (Å²) in [4.78, 5) is 3.57. The van der Waals surface area contributed by atoms with Gasteiger partial charge in [0.15, 0.2) is 0 Å². The molecule has 1 fully saturated rings. The molecule has 0 amide bonds. The number of ether oxygens (including phenoxy) is 1. The van der Waals surface area contributed by atoms with Crippen molar-refractivity contribution >= 4 is 16.6 Å². The van der Waals surface area contributed by atoms with Gasteiger partial charge in [0, 0.05) is 17.1 Å². The molecule has 23 heavy (non-hydrogen) atoms. The van der Waals surface area contributed by atoms with Crippen LogP contribution >= 0.6 is 0 Å². The third-order valence-corrected chi connectivity index (χ3v) is 3.66. The lowest BCUT2D eigenvalue weighted by Crippen LogP contribution is -2.42. The number of rotatable bonds is 2. The summed E-state index contributed by atoms with van der Waals surface area (Å²) in [6.07, 6.45) is -4.03. The number of hydrogen-bond donors (Lipinski definition) is 2. The Balaban J connectivity index is 2.03. The highest BCUT2D eigenvalue weighted by atomic mass is 19.4. The van der Waals surface area contributed by atoms with Crippen molar-refractivity contribution < 1.29 is 22.3 Å². The summed E-state index contributed by atoms with van der Waals surface area (Å²) in [5.41, 5.74) is 5.01. The number of nitrogens with zero attached hydrogens (tertiary/aromatic N) is 1. The fourth-order valence-corrected chi connectivity index (χ4v) is 2.65. The van der Waals surface area contributed by atoms with E-state index in [0.29, 0.717) is 19.6 Å². The van der Waals surface area contributed by atoms with Gasteiger partial charge in [0.1, 0.15) is 11.5 Å². The molecule has 2 atom stereocenters. The van der Waals surface area contributed by atoms with E-state index in [-0.39, 0.29) is 28.7 Å². The van der Waals surface area contributed by atoms with Crippen LogP contribution in [0.15, 0.2) is 24.3 Å². The van der Waals surface area contributed by atoms with Crippen molar-refractivity contribution in [2.24, 2.45) is 5.73 Å². The minimum Gasteiger partial charge on any atom is -0.379 e. The number of nitrogens with one attached hydrogen (secondary N) is 1. The van der Waals surface area contributed by atoms with Crippen molar-refractivity contribution in [2.45, 2.75) is 24.7 Å². The SMILES string of the molecule is N[C@@H]1COC[C@H](Nc2cc(C(F)(F)F)nc3ccc(F)cc23)C1. The highest BCUT2D eigenvalue weighted by Gasteiger charge is 2.33. The molecule has 0 radical (unpaired) electrons. The van der Waals surface area contributed by atoms with Gasteiger partial charge >= 0.3 is 6.18 Å². The van der Waals surface area contributed by atoms with E-state index in [2.05, 4.69) is 10.3 Å². The van der Waals surface area contributed by atoms with Crippen molar-refractivity contribution in [1.29, 1.82) is 0 Å². The molecule has 0 aliphatic carbocycles. The van der Waals surface area contributed by atoms with Gasteiger partial charge in [-0.25, -0.2) is 9.37 Å². The molecule has 3 rings (SSSR count). The summed E-state index contributed by atoms with van der Waals surface area (Å²) in [5.74, 6) is -0.543. The second kappa shape index (κ2) is 5.93. The molecule has 1 saturated heterocycles. The Bertz CT molecular complexity index is 720. The fraction of sp³-hybridized carbons (Fsp3) is 0.400. The van der Waals surface area contributed by atoms with Gasteiger partial charge in [-0.2, -0.15) is 13.2 Å². The summed E-state index contributed by atoms with van der Waals surface area (Å²) in [5, 5.41) is 3.27. The summed E-state index contributed by atoms with van der Waals surface area (Å²) < 4.78 is 57.8. The molecule has 0 unspecified atom stereocenters. The fourth-order valence-electron chi connectivity index (χ4n) is 2.65. The Morgan fingerprint density at radius 1 is 1.22 bits per heavy atom. The highest BCUT2D eigenvalue weighted by molar-refractivity contribution is 5.91. The predicted octanol–water partition coefficient (Wildman–Crippen LogP) is 2.92. The van der Waals surface area contributed by atoms with Gasteiger partial charge in [0.05, 0.1) is 24.8 Å². The van der Waals surface area contributed by atoms with E-state index < -0.39 is 17.7 Å². The number of aromatic nitrogens is 1. The van der Waals surface area contributed by atoms with Gasteiger partial charge < -0.3 is 15.8 Å². The van der Waals surface area contributed by atoms with E-state index in [1.54, 1.807) is 0 Å². The number of fused-ring (bicyclic) bond motifs is 1. The van der Waals surface area contributed by atoms with Crippen LogP contribution in [0.5, 0.6) is 0 Å². The standard InChI is InChI=1S/C15H15F4N3O/c16-8-1-2-12-11(3-8)13(5-14(22-12)15(17,18)19)21-10-4-9(20)6-23-7-10/h1-3,5,9-10H,4,6-7,20H2,(H,21,22)/t9-,10+/m0/s1.